The number of carbonyl (C=O) groups excluding carboxylic acids is 1. The molecule has 0 spiro atoms. The molecule has 0 saturated carbocycles. The highest BCUT2D eigenvalue weighted by Crippen LogP contribution is 2.37. The van der Waals surface area contributed by atoms with Gasteiger partial charge in [0, 0.05) is 12.0 Å². The first-order valence-corrected chi connectivity index (χ1v) is 9.60. The summed E-state index contributed by atoms with van der Waals surface area (Å²) < 4.78 is 44.0. The molecule has 0 aliphatic carbocycles. The van der Waals surface area contributed by atoms with Crippen molar-refractivity contribution in [3.05, 3.63) is 51.5 Å². The lowest BCUT2D eigenvalue weighted by atomic mass is 9.85. The number of thiazole rings is 1. The van der Waals surface area contributed by atoms with Gasteiger partial charge in [-0.05, 0) is 51.1 Å². The van der Waals surface area contributed by atoms with Crippen LogP contribution >= 0.6 is 11.3 Å². The number of hydrogen-bond donors (Lipinski definition) is 0. The van der Waals surface area contributed by atoms with E-state index < -0.39 is 17.7 Å². The van der Waals surface area contributed by atoms with Crippen molar-refractivity contribution in [3.63, 3.8) is 0 Å². The van der Waals surface area contributed by atoms with Gasteiger partial charge < -0.3 is 4.74 Å². The number of benzene rings is 1. The van der Waals surface area contributed by atoms with E-state index in [0.29, 0.717) is 10.6 Å². The lowest BCUT2D eigenvalue weighted by molar-refractivity contribution is -0.137. The van der Waals surface area contributed by atoms with E-state index in [1.54, 1.807) is 12.4 Å². The third-order valence-corrected chi connectivity index (χ3v) is 5.85. The van der Waals surface area contributed by atoms with Crippen molar-refractivity contribution < 1.29 is 22.7 Å². The standard InChI is InChI=1S/C19H21F3N2O2S/c1-12-17(27-11-23-12)18(25)26-10-14-4-3-9-24(2)16(14)13-5-7-15(8-6-13)19(20,21)22/h5-8,11,14,16H,3-4,9-10H2,1-2H3/t14-,16+/m1/s1. The van der Waals surface area contributed by atoms with E-state index in [-0.39, 0.29) is 18.6 Å². The van der Waals surface area contributed by atoms with Gasteiger partial charge in [-0.2, -0.15) is 13.2 Å². The Morgan fingerprint density at radius 2 is 2.04 bits per heavy atom. The smallest absolute Gasteiger partial charge is 0.416 e. The Hall–Kier alpha value is -1.93. The topological polar surface area (TPSA) is 42.4 Å². The molecule has 146 valence electrons. The number of alkyl halides is 3. The van der Waals surface area contributed by atoms with Crippen LogP contribution in [-0.2, 0) is 10.9 Å². The van der Waals surface area contributed by atoms with Gasteiger partial charge in [0.25, 0.3) is 0 Å². The Balaban J connectivity index is 1.73. The fourth-order valence-corrected chi connectivity index (χ4v) is 4.27. The minimum atomic E-state index is -4.35. The fourth-order valence-electron chi connectivity index (χ4n) is 3.58. The summed E-state index contributed by atoms with van der Waals surface area (Å²) in [7, 11) is 1.95. The fraction of sp³-hybridized carbons (Fsp3) is 0.474. The predicted octanol–water partition coefficient (Wildman–Crippen LogP) is 4.71. The number of halogens is 3. The molecule has 0 radical (unpaired) electrons. The van der Waals surface area contributed by atoms with Gasteiger partial charge in [-0.15, -0.1) is 11.3 Å². The molecule has 2 atom stereocenters. The first kappa shape index (κ1) is 19.8. The summed E-state index contributed by atoms with van der Waals surface area (Å²) in [5.74, 6) is -0.368. The van der Waals surface area contributed by atoms with Crippen LogP contribution in [0.4, 0.5) is 13.2 Å². The lowest BCUT2D eigenvalue weighted by Gasteiger charge is -2.39. The van der Waals surface area contributed by atoms with Gasteiger partial charge in [-0.25, -0.2) is 9.78 Å². The molecule has 1 aromatic heterocycles. The summed E-state index contributed by atoms with van der Waals surface area (Å²) in [6, 6.07) is 5.19. The molecule has 0 bridgehead atoms. The Morgan fingerprint density at radius 3 is 2.63 bits per heavy atom. The van der Waals surface area contributed by atoms with Crippen LogP contribution in [0.2, 0.25) is 0 Å². The molecule has 2 heterocycles. The van der Waals surface area contributed by atoms with E-state index in [2.05, 4.69) is 9.88 Å². The molecule has 27 heavy (non-hydrogen) atoms. The SMILES string of the molecule is Cc1ncsc1C(=O)OC[C@H]1CCCN(C)[C@H]1c1ccc(C(F)(F)F)cc1. The first-order valence-electron chi connectivity index (χ1n) is 8.72. The highest BCUT2D eigenvalue weighted by Gasteiger charge is 2.34. The van der Waals surface area contributed by atoms with Crippen molar-refractivity contribution in [2.45, 2.75) is 32.0 Å². The molecule has 1 saturated heterocycles. The van der Waals surface area contributed by atoms with E-state index in [0.717, 1.165) is 37.1 Å². The van der Waals surface area contributed by atoms with E-state index in [4.69, 9.17) is 4.74 Å². The maximum atomic E-state index is 12.8. The summed E-state index contributed by atoms with van der Waals surface area (Å²) in [5.41, 5.74) is 2.39. The number of piperidine rings is 1. The predicted molar refractivity (Wildman–Crippen MR) is 96.7 cm³/mol. The largest absolute Gasteiger partial charge is 0.461 e. The third kappa shape index (κ3) is 4.50. The number of aromatic nitrogens is 1. The first-order chi connectivity index (χ1) is 12.8. The van der Waals surface area contributed by atoms with Crippen LogP contribution in [0.5, 0.6) is 0 Å². The van der Waals surface area contributed by atoms with Crippen LogP contribution in [0, 0.1) is 12.8 Å². The van der Waals surface area contributed by atoms with Crippen molar-refractivity contribution in [2.75, 3.05) is 20.2 Å². The molecule has 0 N–H and O–H groups in total. The molecule has 3 rings (SSSR count). The summed E-state index contributed by atoms with van der Waals surface area (Å²) in [5, 5.41) is 0. The molecular formula is C19H21F3N2O2S. The number of nitrogens with zero attached hydrogens (tertiary/aromatic N) is 2. The molecule has 4 nitrogen and oxygen atoms in total. The second kappa shape index (κ2) is 7.98. The molecule has 1 aliphatic heterocycles. The highest BCUT2D eigenvalue weighted by molar-refractivity contribution is 7.11. The van der Waals surface area contributed by atoms with Gasteiger partial charge in [0.2, 0.25) is 0 Å². The van der Waals surface area contributed by atoms with Crippen molar-refractivity contribution in [1.29, 1.82) is 0 Å². The van der Waals surface area contributed by atoms with Gasteiger partial charge in [0.1, 0.15) is 4.88 Å². The molecule has 1 aliphatic rings. The van der Waals surface area contributed by atoms with Crippen LogP contribution in [0.3, 0.4) is 0 Å². The normalized spacial score (nSPS) is 21.2. The molecule has 0 unspecified atom stereocenters. The average Bonchev–Trinajstić information content (AvgIpc) is 3.05. The number of carbonyl (C=O) groups is 1. The molecule has 1 aromatic carbocycles. The van der Waals surface area contributed by atoms with Gasteiger partial charge >= 0.3 is 12.1 Å². The Labute approximate surface area is 160 Å². The zero-order valence-corrected chi connectivity index (χ0v) is 15.9. The number of likely N-dealkylation sites (tertiary alicyclic amines) is 1. The van der Waals surface area contributed by atoms with Crippen molar-refractivity contribution >= 4 is 17.3 Å². The van der Waals surface area contributed by atoms with Gasteiger partial charge in [0.15, 0.2) is 0 Å². The van der Waals surface area contributed by atoms with Crippen LogP contribution in [-0.4, -0.2) is 36.1 Å². The summed E-state index contributed by atoms with van der Waals surface area (Å²) in [6.07, 6.45) is -2.54. The van der Waals surface area contributed by atoms with Crippen LogP contribution in [0.25, 0.3) is 0 Å². The highest BCUT2D eigenvalue weighted by atomic mass is 32.1. The van der Waals surface area contributed by atoms with Gasteiger partial charge in [-0.1, -0.05) is 12.1 Å². The molecule has 0 amide bonds. The van der Waals surface area contributed by atoms with Crippen molar-refractivity contribution in [3.8, 4) is 0 Å². The van der Waals surface area contributed by atoms with E-state index in [9.17, 15) is 18.0 Å². The Kier molecular flexibility index (Phi) is 5.86. The second-order valence-electron chi connectivity index (χ2n) is 6.81. The molecule has 2 aromatic rings. The maximum absolute atomic E-state index is 12.8. The van der Waals surface area contributed by atoms with E-state index >= 15 is 0 Å². The van der Waals surface area contributed by atoms with Crippen molar-refractivity contribution in [2.24, 2.45) is 5.92 Å². The summed E-state index contributed by atoms with van der Waals surface area (Å²) >= 11 is 1.24. The van der Waals surface area contributed by atoms with E-state index in [1.165, 1.54) is 23.5 Å². The minimum absolute atomic E-state index is 0.0256. The van der Waals surface area contributed by atoms with Gasteiger partial charge in [0.05, 0.1) is 23.4 Å². The third-order valence-electron chi connectivity index (χ3n) is 4.95. The lowest BCUT2D eigenvalue weighted by Crippen LogP contribution is -2.38. The number of hydrogen-bond acceptors (Lipinski definition) is 5. The minimum Gasteiger partial charge on any atom is -0.461 e. The Morgan fingerprint density at radius 1 is 1.33 bits per heavy atom. The Bertz CT molecular complexity index is 789. The molecule has 1 fully saturated rings. The van der Waals surface area contributed by atoms with E-state index in [1.807, 2.05) is 7.05 Å². The number of esters is 1. The second-order valence-corrected chi connectivity index (χ2v) is 7.67. The zero-order valence-electron chi connectivity index (χ0n) is 15.1. The number of rotatable bonds is 4. The zero-order chi connectivity index (χ0) is 19.6. The molecular weight excluding hydrogens is 377 g/mol. The quantitative estimate of drug-likeness (QED) is 0.700. The van der Waals surface area contributed by atoms with Crippen LogP contribution in [0.15, 0.2) is 29.8 Å². The summed E-state index contributed by atoms with van der Waals surface area (Å²) in [4.78, 5) is 18.9. The maximum Gasteiger partial charge on any atom is 0.416 e. The molecule has 8 heteroatoms. The average molecular weight is 398 g/mol. The van der Waals surface area contributed by atoms with Crippen LogP contribution in [0.1, 0.15) is 45.4 Å². The monoisotopic (exact) mass is 398 g/mol. The van der Waals surface area contributed by atoms with Crippen molar-refractivity contribution in [1.82, 2.24) is 9.88 Å². The number of aryl methyl sites for hydroxylation is 1. The van der Waals surface area contributed by atoms with Gasteiger partial charge in [-0.3, -0.25) is 4.90 Å². The number of ether oxygens (including phenoxy) is 1. The summed E-state index contributed by atoms with van der Waals surface area (Å²) in [6.45, 7) is 2.84. The van der Waals surface area contributed by atoms with Crippen LogP contribution < -0.4 is 0 Å².